The zero-order valence-corrected chi connectivity index (χ0v) is 18.4. The minimum atomic E-state index is -0.00670. The van der Waals surface area contributed by atoms with E-state index in [1.54, 1.807) is 4.90 Å². The minimum Gasteiger partial charge on any atom is -0.347 e. The van der Waals surface area contributed by atoms with Gasteiger partial charge in [0.25, 0.3) is 5.91 Å². The molecule has 31 heavy (non-hydrogen) atoms. The third-order valence-corrected chi connectivity index (χ3v) is 5.75. The number of aryl methyl sites for hydroxylation is 1. The van der Waals surface area contributed by atoms with Gasteiger partial charge in [0.05, 0.1) is 5.69 Å². The van der Waals surface area contributed by atoms with Gasteiger partial charge in [-0.1, -0.05) is 37.6 Å². The second kappa shape index (κ2) is 9.79. The molecule has 0 fully saturated rings. The van der Waals surface area contributed by atoms with Crippen molar-refractivity contribution in [3.05, 3.63) is 72.3 Å². The normalized spacial score (nSPS) is 11.4. The Labute approximate surface area is 183 Å². The number of fused-ring (bicyclic) bond motifs is 2. The molecule has 1 amide bonds. The summed E-state index contributed by atoms with van der Waals surface area (Å²) in [5, 5.41) is 4.80. The van der Waals surface area contributed by atoms with E-state index in [1.807, 2.05) is 35.8 Å². The van der Waals surface area contributed by atoms with Crippen LogP contribution < -0.4 is 5.32 Å². The van der Waals surface area contributed by atoms with Gasteiger partial charge < -0.3 is 19.2 Å². The third kappa shape index (κ3) is 4.64. The minimum absolute atomic E-state index is 0.00670. The van der Waals surface area contributed by atoms with Gasteiger partial charge in [-0.15, -0.1) is 0 Å². The Morgan fingerprint density at radius 1 is 1.06 bits per heavy atom. The molecule has 3 heterocycles. The van der Waals surface area contributed by atoms with Crippen molar-refractivity contribution in [1.29, 1.82) is 0 Å². The van der Waals surface area contributed by atoms with E-state index in [1.165, 1.54) is 10.9 Å². The van der Waals surface area contributed by atoms with Gasteiger partial charge in [-0.3, -0.25) is 4.79 Å². The van der Waals surface area contributed by atoms with Crippen LogP contribution in [0.2, 0.25) is 0 Å². The number of benzene rings is 1. The summed E-state index contributed by atoms with van der Waals surface area (Å²) in [4.78, 5) is 19.5. The third-order valence-electron chi connectivity index (χ3n) is 5.75. The van der Waals surface area contributed by atoms with Crippen LogP contribution in [0.15, 0.2) is 60.9 Å². The van der Waals surface area contributed by atoms with E-state index >= 15 is 0 Å². The molecule has 0 aliphatic carbocycles. The molecule has 0 saturated carbocycles. The van der Waals surface area contributed by atoms with E-state index in [-0.39, 0.29) is 5.91 Å². The lowest BCUT2D eigenvalue weighted by Gasteiger charge is -2.16. The van der Waals surface area contributed by atoms with Crippen molar-refractivity contribution in [2.75, 3.05) is 20.1 Å². The summed E-state index contributed by atoms with van der Waals surface area (Å²) in [6, 6.07) is 16.5. The summed E-state index contributed by atoms with van der Waals surface area (Å²) in [6.45, 7) is 5.32. The molecule has 1 aromatic carbocycles. The molecule has 3 aromatic heterocycles. The van der Waals surface area contributed by atoms with E-state index in [0.717, 1.165) is 50.2 Å². The van der Waals surface area contributed by atoms with E-state index in [4.69, 9.17) is 0 Å². The van der Waals surface area contributed by atoms with Crippen LogP contribution in [0.4, 0.5) is 0 Å². The topological polar surface area (TPSA) is 54.6 Å². The van der Waals surface area contributed by atoms with Crippen LogP contribution in [0.1, 0.15) is 42.4 Å². The number of unbranched alkanes of at least 4 members (excludes halogenated alkanes) is 1. The van der Waals surface area contributed by atoms with Crippen molar-refractivity contribution in [2.24, 2.45) is 0 Å². The highest BCUT2D eigenvalue weighted by atomic mass is 16.2. The molecule has 0 radical (unpaired) electrons. The van der Waals surface area contributed by atoms with Crippen LogP contribution in [-0.4, -0.2) is 44.9 Å². The first-order chi connectivity index (χ1) is 15.2. The molecule has 0 saturated heterocycles. The van der Waals surface area contributed by atoms with Gasteiger partial charge in [0.2, 0.25) is 0 Å². The van der Waals surface area contributed by atoms with Crippen LogP contribution in [0.3, 0.4) is 0 Å². The monoisotopic (exact) mass is 417 g/mol. The Morgan fingerprint density at radius 2 is 1.90 bits per heavy atom. The Bertz CT molecular complexity index is 1160. The van der Waals surface area contributed by atoms with Crippen molar-refractivity contribution in [3.8, 4) is 0 Å². The fraction of sp³-hybridized carbons (Fsp3) is 0.360. The van der Waals surface area contributed by atoms with Crippen molar-refractivity contribution >= 4 is 22.5 Å². The van der Waals surface area contributed by atoms with Gasteiger partial charge in [0, 0.05) is 44.6 Å². The molecule has 0 atom stereocenters. The molecule has 0 unspecified atom stereocenters. The summed E-state index contributed by atoms with van der Waals surface area (Å²) in [7, 11) is 1.86. The number of carbonyl (C=O) groups excluding carboxylic acids is 1. The molecular weight excluding hydrogens is 386 g/mol. The van der Waals surface area contributed by atoms with Crippen molar-refractivity contribution in [2.45, 2.75) is 39.3 Å². The van der Waals surface area contributed by atoms with Gasteiger partial charge in [0.1, 0.15) is 5.65 Å². The molecule has 0 aliphatic rings. The summed E-state index contributed by atoms with van der Waals surface area (Å²) >= 11 is 0. The number of amides is 1. The molecule has 0 bridgehead atoms. The standard InChI is InChI=1S/C25H31N5O/c1-3-4-15-28(2)25(31)24-22(30-17-8-7-12-23(30)27-24)19-26-14-9-16-29-18-13-20-10-5-6-11-21(20)29/h5-8,10-13,17-18,26H,3-4,9,14-16,19H2,1-2H3. The molecule has 4 aromatic rings. The predicted molar refractivity (Wildman–Crippen MR) is 125 cm³/mol. The fourth-order valence-corrected chi connectivity index (χ4v) is 3.98. The highest BCUT2D eigenvalue weighted by Gasteiger charge is 2.21. The quantitative estimate of drug-likeness (QED) is 0.391. The number of imidazole rings is 1. The van der Waals surface area contributed by atoms with Crippen molar-refractivity contribution < 1.29 is 4.79 Å². The maximum absolute atomic E-state index is 13.0. The van der Waals surface area contributed by atoms with E-state index in [2.05, 4.69) is 58.3 Å². The molecule has 4 rings (SSSR count). The average Bonchev–Trinajstić information content (AvgIpc) is 3.38. The SMILES string of the molecule is CCCCN(C)C(=O)c1nc2ccccn2c1CNCCCn1ccc2ccccc21. The molecule has 162 valence electrons. The lowest BCUT2D eigenvalue weighted by Crippen LogP contribution is -2.29. The number of rotatable bonds is 10. The van der Waals surface area contributed by atoms with Crippen LogP contribution in [0.25, 0.3) is 16.6 Å². The Hall–Kier alpha value is -3.12. The Morgan fingerprint density at radius 3 is 2.77 bits per heavy atom. The summed E-state index contributed by atoms with van der Waals surface area (Å²) in [5.41, 5.74) is 3.56. The fourth-order valence-electron chi connectivity index (χ4n) is 3.98. The lowest BCUT2D eigenvalue weighted by molar-refractivity contribution is 0.0787. The van der Waals surface area contributed by atoms with Crippen LogP contribution in [-0.2, 0) is 13.1 Å². The first-order valence-corrected chi connectivity index (χ1v) is 11.1. The summed E-state index contributed by atoms with van der Waals surface area (Å²) in [5.74, 6) is -0.00670. The number of nitrogens with one attached hydrogen (secondary N) is 1. The highest BCUT2D eigenvalue weighted by molar-refractivity contribution is 5.94. The maximum Gasteiger partial charge on any atom is 0.274 e. The van der Waals surface area contributed by atoms with E-state index < -0.39 is 0 Å². The van der Waals surface area contributed by atoms with Crippen LogP contribution in [0.5, 0.6) is 0 Å². The Kier molecular flexibility index (Phi) is 6.67. The smallest absolute Gasteiger partial charge is 0.274 e. The van der Waals surface area contributed by atoms with Gasteiger partial charge >= 0.3 is 0 Å². The number of carbonyl (C=O) groups is 1. The number of nitrogens with zero attached hydrogens (tertiary/aromatic N) is 4. The molecule has 0 spiro atoms. The van der Waals surface area contributed by atoms with Crippen molar-refractivity contribution in [3.63, 3.8) is 0 Å². The van der Waals surface area contributed by atoms with E-state index in [0.29, 0.717) is 12.2 Å². The molecule has 0 aliphatic heterocycles. The first kappa shape index (κ1) is 21.1. The first-order valence-electron chi connectivity index (χ1n) is 11.1. The number of pyridine rings is 1. The number of hydrogen-bond donors (Lipinski definition) is 1. The zero-order chi connectivity index (χ0) is 21.6. The summed E-state index contributed by atoms with van der Waals surface area (Å²) in [6.07, 6.45) is 7.20. The molecular formula is C25H31N5O. The lowest BCUT2D eigenvalue weighted by atomic mass is 10.2. The number of para-hydroxylation sites is 1. The maximum atomic E-state index is 13.0. The molecule has 6 heteroatoms. The second-order valence-corrected chi connectivity index (χ2v) is 8.01. The number of hydrogen-bond acceptors (Lipinski definition) is 3. The van der Waals surface area contributed by atoms with Gasteiger partial charge in [-0.05, 0) is 49.0 Å². The predicted octanol–water partition coefficient (Wildman–Crippen LogP) is 4.34. The van der Waals surface area contributed by atoms with Gasteiger partial charge in [0.15, 0.2) is 5.69 Å². The van der Waals surface area contributed by atoms with Crippen LogP contribution in [0, 0.1) is 0 Å². The molecule has 6 nitrogen and oxygen atoms in total. The van der Waals surface area contributed by atoms with Crippen molar-refractivity contribution in [1.82, 2.24) is 24.2 Å². The molecule has 1 N–H and O–H groups in total. The zero-order valence-electron chi connectivity index (χ0n) is 18.4. The van der Waals surface area contributed by atoms with Gasteiger partial charge in [-0.25, -0.2) is 4.98 Å². The number of aromatic nitrogens is 3. The largest absolute Gasteiger partial charge is 0.347 e. The Balaban J connectivity index is 1.41. The van der Waals surface area contributed by atoms with Gasteiger partial charge in [-0.2, -0.15) is 0 Å². The van der Waals surface area contributed by atoms with Crippen LogP contribution >= 0.6 is 0 Å². The summed E-state index contributed by atoms with van der Waals surface area (Å²) < 4.78 is 4.32. The van der Waals surface area contributed by atoms with E-state index in [9.17, 15) is 4.79 Å². The highest BCUT2D eigenvalue weighted by Crippen LogP contribution is 2.16. The second-order valence-electron chi connectivity index (χ2n) is 8.01. The average molecular weight is 418 g/mol.